The first-order valence-corrected chi connectivity index (χ1v) is 8.67. The summed E-state index contributed by atoms with van der Waals surface area (Å²) < 4.78 is 0. The van der Waals surface area contributed by atoms with Gasteiger partial charge in [0.2, 0.25) is 5.91 Å². The Morgan fingerprint density at radius 3 is 2.20 bits per heavy atom. The summed E-state index contributed by atoms with van der Waals surface area (Å²) in [5.74, 6) is 0.855. The van der Waals surface area contributed by atoms with Crippen LogP contribution in [-0.4, -0.2) is 18.5 Å². The van der Waals surface area contributed by atoms with Gasteiger partial charge < -0.3 is 11.1 Å². The third-order valence-electron chi connectivity index (χ3n) is 3.96. The van der Waals surface area contributed by atoms with Crippen LogP contribution >= 0.6 is 0 Å². The highest BCUT2D eigenvalue weighted by Gasteiger charge is 2.13. The number of nitrogens with one attached hydrogen (secondary N) is 1. The number of nitrogens with two attached hydrogens (primary N) is 1. The molecule has 1 amide bonds. The standard InChI is InChI=1S/C17H36N2O/c1-4-7-10-16(9-6-3)19-17(20)12-11-15(8-5-2)13-14-18/h15-16H,4-14,18H2,1-3H3,(H,19,20). The average molecular weight is 284 g/mol. The van der Waals surface area contributed by atoms with Crippen LogP contribution in [0.1, 0.15) is 85.0 Å². The number of hydrogen-bond acceptors (Lipinski definition) is 2. The van der Waals surface area contributed by atoms with Crippen molar-refractivity contribution in [3.05, 3.63) is 0 Å². The summed E-state index contributed by atoms with van der Waals surface area (Å²) in [6.07, 6.45) is 10.8. The molecule has 0 bridgehead atoms. The quantitative estimate of drug-likeness (QED) is 0.537. The highest BCUT2D eigenvalue weighted by Crippen LogP contribution is 2.17. The molecule has 3 nitrogen and oxygen atoms in total. The van der Waals surface area contributed by atoms with E-state index < -0.39 is 0 Å². The van der Waals surface area contributed by atoms with E-state index in [4.69, 9.17) is 5.73 Å². The molecule has 3 heteroatoms. The van der Waals surface area contributed by atoms with E-state index >= 15 is 0 Å². The normalized spacial score (nSPS) is 14.0. The third kappa shape index (κ3) is 10.2. The molecule has 0 radical (unpaired) electrons. The van der Waals surface area contributed by atoms with Gasteiger partial charge in [-0.3, -0.25) is 4.79 Å². The topological polar surface area (TPSA) is 55.1 Å². The maximum atomic E-state index is 12.1. The molecule has 120 valence electrons. The Bertz CT molecular complexity index is 225. The summed E-state index contributed by atoms with van der Waals surface area (Å²) >= 11 is 0. The largest absolute Gasteiger partial charge is 0.353 e. The molecule has 0 saturated heterocycles. The van der Waals surface area contributed by atoms with Gasteiger partial charge in [0.1, 0.15) is 0 Å². The molecule has 20 heavy (non-hydrogen) atoms. The lowest BCUT2D eigenvalue weighted by Gasteiger charge is -2.19. The van der Waals surface area contributed by atoms with E-state index in [1.165, 1.54) is 25.7 Å². The second-order valence-corrected chi connectivity index (χ2v) is 5.97. The zero-order valence-corrected chi connectivity index (χ0v) is 13.9. The van der Waals surface area contributed by atoms with E-state index in [1.54, 1.807) is 0 Å². The third-order valence-corrected chi connectivity index (χ3v) is 3.96. The summed E-state index contributed by atoms with van der Waals surface area (Å²) in [6, 6.07) is 0.381. The molecule has 3 N–H and O–H groups in total. The van der Waals surface area contributed by atoms with Gasteiger partial charge >= 0.3 is 0 Å². The van der Waals surface area contributed by atoms with Gasteiger partial charge in [-0.05, 0) is 38.1 Å². The van der Waals surface area contributed by atoms with E-state index in [9.17, 15) is 4.79 Å². The molecule has 0 aliphatic heterocycles. The SMILES string of the molecule is CCCCC(CCC)NC(=O)CCC(CCC)CCN. The van der Waals surface area contributed by atoms with Crippen LogP contribution in [0.4, 0.5) is 0 Å². The molecule has 2 unspecified atom stereocenters. The van der Waals surface area contributed by atoms with E-state index in [-0.39, 0.29) is 5.91 Å². The van der Waals surface area contributed by atoms with Crippen LogP contribution in [-0.2, 0) is 4.79 Å². The van der Waals surface area contributed by atoms with Crippen LogP contribution < -0.4 is 11.1 Å². The lowest BCUT2D eigenvalue weighted by molar-refractivity contribution is -0.122. The van der Waals surface area contributed by atoms with E-state index in [2.05, 4.69) is 26.1 Å². The van der Waals surface area contributed by atoms with E-state index in [0.717, 1.165) is 38.6 Å². The van der Waals surface area contributed by atoms with Crippen LogP contribution in [0.15, 0.2) is 0 Å². The van der Waals surface area contributed by atoms with Crippen molar-refractivity contribution in [2.24, 2.45) is 11.7 Å². The fraction of sp³-hybridized carbons (Fsp3) is 0.941. The Balaban J connectivity index is 4.02. The van der Waals surface area contributed by atoms with Crippen molar-refractivity contribution >= 4 is 5.91 Å². The Morgan fingerprint density at radius 1 is 0.950 bits per heavy atom. The van der Waals surface area contributed by atoms with Crippen LogP contribution in [0.3, 0.4) is 0 Å². The number of carbonyl (C=O) groups excluding carboxylic acids is 1. The summed E-state index contributed by atoms with van der Waals surface area (Å²) in [4.78, 5) is 12.1. The minimum atomic E-state index is 0.234. The lowest BCUT2D eigenvalue weighted by atomic mass is 9.94. The van der Waals surface area contributed by atoms with E-state index in [1.807, 2.05) is 0 Å². The summed E-state index contributed by atoms with van der Waals surface area (Å²) in [6.45, 7) is 7.32. The van der Waals surface area contributed by atoms with E-state index in [0.29, 0.717) is 18.4 Å². The number of hydrogen-bond donors (Lipinski definition) is 2. The molecular formula is C17H36N2O. The number of carbonyl (C=O) groups is 1. The molecule has 0 rings (SSSR count). The van der Waals surface area contributed by atoms with Gasteiger partial charge in [0.05, 0.1) is 0 Å². The molecule has 2 atom stereocenters. The first-order valence-electron chi connectivity index (χ1n) is 8.67. The van der Waals surface area contributed by atoms with Gasteiger partial charge in [-0.15, -0.1) is 0 Å². The number of rotatable bonds is 13. The van der Waals surface area contributed by atoms with Gasteiger partial charge in [0, 0.05) is 12.5 Å². The van der Waals surface area contributed by atoms with Gasteiger partial charge in [0.15, 0.2) is 0 Å². The smallest absolute Gasteiger partial charge is 0.220 e. The number of unbranched alkanes of at least 4 members (excludes halogenated alkanes) is 1. The molecular weight excluding hydrogens is 248 g/mol. The molecule has 0 spiro atoms. The van der Waals surface area contributed by atoms with Crippen LogP contribution in [0, 0.1) is 5.92 Å². The zero-order chi connectivity index (χ0) is 15.2. The Kier molecular flexibility index (Phi) is 13.0. The first kappa shape index (κ1) is 19.4. The average Bonchev–Trinajstić information content (AvgIpc) is 2.43. The lowest BCUT2D eigenvalue weighted by Crippen LogP contribution is -2.34. The van der Waals surface area contributed by atoms with Crippen molar-refractivity contribution in [1.29, 1.82) is 0 Å². The molecule has 0 aromatic rings. The molecule has 0 aromatic carbocycles. The molecule has 0 heterocycles. The van der Waals surface area contributed by atoms with Crippen molar-refractivity contribution in [2.75, 3.05) is 6.54 Å². The monoisotopic (exact) mass is 284 g/mol. The first-order chi connectivity index (χ1) is 9.67. The Hall–Kier alpha value is -0.570. The molecule has 0 aliphatic rings. The Labute approximate surface area is 126 Å². The Morgan fingerprint density at radius 2 is 1.65 bits per heavy atom. The van der Waals surface area contributed by atoms with Gasteiger partial charge in [0.25, 0.3) is 0 Å². The summed E-state index contributed by atoms with van der Waals surface area (Å²) in [5, 5.41) is 3.22. The fourth-order valence-electron chi connectivity index (χ4n) is 2.80. The highest BCUT2D eigenvalue weighted by atomic mass is 16.1. The maximum absolute atomic E-state index is 12.1. The molecule has 0 aromatic heterocycles. The molecule has 0 aliphatic carbocycles. The van der Waals surface area contributed by atoms with Crippen LogP contribution in [0.25, 0.3) is 0 Å². The second-order valence-electron chi connectivity index (χ2n) is 5.97. The van der Waals surface area contributed by atoms with Crippen LogP contribution in [0.2, 0.25) is 0 Å². The second kappa shape index (κ2) is 13.4. The van der Waals surface area contributed by atoms with Crippen molar-refractivity contribution < 1.29 is 4.79 Å². The fourth-order valence-corrected chi connectivity index (χ4v) is 2.80. The number of amides is 1. The van der Waals surface area contributed by atoms with Crippen molar-refractivity contribution in [3.63, 3.8) is 0 Å². The molecule has 0 fully saturated rings. The summed E-state index contributed by atoms with van der Waals surface area (Å²) in [7, 11) is 0. The highest BCUT2D eigenvalue weighted by molar-refractivity contribution is 5.76. The minimum Gasteiger partial charge on any atom is -0.353 e. The van der Waals surface area contributed by atoms with Crippen molar-refractivity contribution in [1.82, 2.24) is 5.32 Å². The van der Waals surface area contributed by atoms with Crippen molar-refractivity contribution in [2.45, 2.75) is 91.0 Å². The zero-order valence-electron chi connectivity index (χ0n) is 13.9. The van der Waals surface area contributed by atoms with Gasteiger partial charge in [-0.2, -0.15) is 0 Å². The maximum Gasteiger partial charge on any atom is 0.220 e. The predicted molar refractivity (Wildman–Crippen MR) is 87.7 cm³/mol. The van der Waals surface area contributed by atoms with Crippen molar-refractivity contribution in [3.8, 4) is 0 Å². The minimum absolute atomic E-state index is 0.234. The van der Waals surface area contributed by atoms with Gasteiger partial charge in [-0.25, -0.2) is 0 Å². The molecule has 0 saturated carbocycles. The summed E-state index contributed by atoms with van der Waals surface area (Å²) in [5.41, 5.74) is 5.64. The van der Waals surface area contributed by atoms with Crippen LogP contribution in [0.5, 0.6) is 0 Å². The predicted octanol–water partition coefficient (Wildman–Crippen LogP) is 4.01. The van der Waals surface area contributed by atoms with Gasteiger partial charge in [-0.1, -0.05) is 52.9 Å².